The summed E-state index contributed by atoms with van der Waals surface area (Å²) in [6.45, 7) is 4.05. The topological polar surface area (TPSA) is 74.2 Å². The zero-order valence-corrected chi connectivity index (χ0v) is 19.3. The molecular formula is C27H29F2N3O2. The number of hydrogen-bond donors (Lipinski definition) is 3. The molecule has 4 rings (SSSR count). The minimum Gasteiger partial charge on any atom is -0.481 e. The van der Waals surface area contributed by atoms with E-state index in [1.165, 1.54) is 19.9 Å². The van der Waals surface area contributed by atoms with Crippen LogP contribution in [-0.4, -0.2) is 29.1 Å². The predicted octanol–water partition coefficient (Wildman–Crippen LogP) is 4.88. The quantitative estimate of drug-likeness (QED) is 0.442. The summed E-state index contributed by atoms with van der Waals surface area (Å²) in [5.74, 6) is -2.45. The third-order valence-electron chi connectivity index (χ3n) is 6.63. The second-order valence-corrected chi connectivity index (χ2v) is 9.29. The van der Waals surface area contributed by atoms with Crippen LogP contribution in [0.2, 0.25) is 0 Å². The van der Waals surface area contributed by atoms with Crippen LogP contribution < -0.4 is 10.6 Å². The van der Waals surface area contributed by atoms with E-state index >= 15 is 0 Å². The Balaban J connectivity index is 1.53. The number of hydrogen-bond acceptors (Lipinski definition) is 4. The van der Waals surface area contributed by atoms with Crippen molar-refractivity contribution in [1.82, 2.24) is 10.3 Å². The molecule has 2 heterocycles. The lowest BCUT2D eigenvalue weighted by Gasteiger charge is -2.33. The summed E-state index contributed by atoms with van der Waals surface area (Å²) in [5, 5.41) is 16.5. The number of anilines is 1. The minimum absolute atomic E-state index is 0.00213. The first-order chi connectivity index (χ1) is 16.3. The third-order valence-corrected chi connectivity index (χ3v) is 6.63. The molecule has 0 bridgehead atoms. The first-order valence-electron chi connectivity index (χ1n) is 11.4. The summed E-state index contributed by atoms with van der Waals surface area (Å²) in [6, 6.07) is 16.2. The van der Waals surface area contributed by atoms with E-state index in [9.17, 15) is 18.7 Å². The SMILES string of the molecule is CC(C)(C(=O)O)c1cc(CCN[C@H](c2ccccc2)[C@H]2CNc3cccnc3C2)c(F)cc1F. The van der Waals surface area contributed by atoms with E-state index in [4.69, 9.17) is 0 Å². The van der Waals surface area contributed by atoms with Crippen LogP contribution in [0.15, 0.2) is 60.8 Å². The Hall–Kier alpha value is -3.32. The van der Waals surface area contributed by atoms with Crippen molar-refractivity contribution in [1.29, 1.82) is 0 Å². The highest BCUT2D eigenvalue weighted by molar-refractivity contribution is 5.80. The van der Waals surface area contributed by atoms with Gasteiger partial charge in [-0.05, 0) is 62.6 Å². The number of halogens is 2. The fourth-order valence-corrected chi connectivity index (χ4v) is 4.52. The average Bonchev–Trinajstić information content (AvgIpc) is 2.83. The molecule has 0 saturated carbocycles. The van der Waals surface area contributed by atoms with Crippen molar-refractivity contribution >= 4 is 11.7 Å². The highest BCUT2D eigenvalue weighted by Gasteiger charge is 2.33. The molecule has 0 amide bonds. The number of aromatic nitrogens is 1. The fraction of sp³-hybridized carbons (Fsp3) is 0.333. The molecule has 0 fully saturated rings. The largest absolute Gasteiger partial charge is 0.481 e. The summed E-state index contributed by atoms with van der Waals surface area (Å²) in [6.07, 6.45) is 2.89. The summed E-state index contributed by atoms with van der Waals surface area (Å²) in [5.41, 5.74) is 2.01. The van der Waals surface area contributed by atoms with Gasteiger partial charge in [0.05, 0.1) is 16.8 Å². The number of nitrogens with one attached hydrogen (secondary N) is 2. The summed E-state index contributed by atoms with van der Waals surface area (Å²) >= 11 is 0. The van der Waals surface area contributed by atoms with Gasteiger partial charge in [0.25, 0.3) is 0 Å². The van der Waals surface area contributed by atoms with E-state index in [2.05, 4.69) is 27.8 Å². The Kier molecular flexibility index (Phi) is 6.93. The Bertz CT molecular complexity index is 1170. The number of benzene rings is 2. The lowest BCUT2D eigenvalue weighted by molar-refractivity contribution is -0.142. The fourth-order valence-electron chi connectivity index (χ4n) is 4.52. The molecule has 0 unspecified atom stereocenters. The van der Waals surface area contributed by atoms with Crippen molar-refractivity contribution in [3.63, 3.8) is 0 Å². The number of pyridine rings is 1. The lowest BCUT2D eigenvalue weighted by atomic mass is 9.83. The number of carboxylic acids is 1. The van der Waals surface area contributed by atoms with Crippen molar-refractivity contribution < 1.29 is 18.7 Å². The molecule has 3 aromatic rings. The van der Waals surface area contributed by atoms with Gasteiger partial charge in [-0.2, -0.15) is 0 Å². The second-order valence-electron chi connectivity index (χ2n) is 9.29. The number of fused-ring (bicyclic) bond motifs is 1. The number of aliphatic carboxylic acids is 1. The van der Waals surface area contributed by atoms with E-state index in [1.807, 2.05) is 30.3 Å². The normalized spacial score (nSPS) is 16.4. The van der Waals surface area contributed by atoms with Gasteiger partial charge in [0.1, 0.15) is 11.6 Å². The molecule has 178 valence electrons. The average molecular weight is 466 g/mol. The maximum atomic E-state index is 14.6. The van der Waals surface area contributed by atoms with Crippen LogP contribution in [-0.2, 0) is 23.1 Å². The first-order valence-corrected chi connectivity index (χ1v) is 11.4. The van der Waals surface area contributed by atoms with Gasteiger partial charge < -0.3 is 15.7 Å². The van der Waals surface area contributed by atoms with E-state index < -0.39 is 23.0 Å². The van der Waals surface area contributed by atoms with Crippen LogP contribution in [0.25, 0.3) is 0 Å². The Morgan fingerprint density at radius 3 is 2.68 bits per heavy atom. The number of carbonyl (C=O) groups is 1. The van der Waals surface area contributed by atoms with Gasteiger partial charge in [0, 0.05) is 36.3 Å². The molecule has 1 aliphatic rings. The first kappa shape index (κ1) is 23.8. The molecule has 34 heavy (non-hydrogen) atoms. The summed E-state index contributed by atoms with van der Waals surface area (Å²) in [7, 11) is 0. The molecule has 0 radical (unpaired) electrons. The van der Waals surface area contributed by atoms with Crippen molar-refractivity contribution in [2.45, 2.75) is 38.1 Å². The Labute approximate surface area is 198 Å². The third kappa shape index (κ3) is 4.94. The Morgan fingerprint density at radius 1 is 1.18 bits per heavy atom. The van der Waals surface area contributed by atoms with Gasteiger partial charge in [-0.15, -0.1) is 0 Å². The molecule has 0 spiro atoms. The molecule has 5 nitrogen and oxygen atoms in total. The van der Waals surface area contributed by atoms with E-state index in [-0.39, 0.29) is 17.5 Å². The minimum atomic E-state index is -1.46. The molecule has 2 atom stereocenters. The van der Waals surface area contributed by atoms with Gasteiger partial charge in [-0.3, -0.25) is 9.78 Å². The van der Waals surface area contributed by atoms with Crippen LogP contribution in [0.3, 0.4) is 0 Å². The van der Waals surface area contributed by atoms with E-state index in [1.54, 1.807) is 6.20 Å². The molecule has 7 heteroatoms. The molecular weight excluding hydrogens is 436 g/mol. The molecule has 1 aromatic heterocycles. The maximum Gasteiger partial charge on any atom is 0.313 e. The van der Waals surface area contributed by atoms with E-state index in [0.29, 0.717) is 18.5 Å². The maximum absolute atomic E-state index is 14.6. The van der Waals surface area contributed by atoms with Gasteiger partial charge in [-0.25, -0.2) is 8.78 Å². The number of nitrogens with zero attached hydrogens (tertiary/aromatic N) is 1. The van der Waals surface area contributed by atoms with Crippen LogP contribution in [0, 0.1) is 17.6 Å². The number of rotatable bonds is 8. The smallest absolute Gasteiger partial charge is 0.313 e. The molecule has 3 N–H and O–H groups in total. The van der Waals surface area contributed by atoms with Gasteiger partial charge in [-0.1, -0.05) is 30.3 Å². The van der Waals surface area contributed by atoms with Crippen LogP contribution in [0.5, 0.6) is 0 Å². The molecule has 0 aliphatic carbocycles. The standard InChI is InChI=1S/C27H29F2N3O2/c1-27(2,26(33)34)20-13-18(21(28)15-22(20)29)10-12-31-25(17-7-4-3-5-8-17)19-14-24-23(32-16-19)9-6-11-30-24/h3-9,11,13,15,19,25,31-32H,10,12,14,16H2,1-2H3,(H,33,34)/t19-,25-/m1/s1. The highest BCUT2D eigenvalue weighted by atomic mass is 19.1. The van der Waals surface area contributed by atoms with Crippen molar-refractivity contribution in [3.05, 3.63) is 94.8 Å². The van der Waals surface area contributed by atoms with Crippen LogP contribution in [0.1, 0.15) is 42.3 Å². The van der Waals surface area contributed by atoms with Gasteiger partial charge in [0.2, 0.25) is 0 Å². The summed E-state index contributed by atoms with van der Waals surface area (Å²) in [4.78, 5) is 16.1. The summed E-state index contributed by atoms with van der Waals surface area (Å²) < 4.78 is 28.9. The van der Waals surface area contributed by atoms with Crippen molar-refractivity contribution in [3.8, 4) is 0 Å². The van der Waals surface area contributed by atoms with Gasteiger partial charge >= 0.3 is 5.97 Å². The molecule has 0 saturated heterocycles. The second kappa shape index (κ2) is 9.89. The van der Waals surface area contributed by atoms with Crippen LogP contribution >= 0.6 is 0 Å². The van der Waals surface area contributed by atoms with Crippen molar-refractivity contribution in [2.24, 2.45) is 5.92 Å². The van der Waals surface area contributed by atoms with E-state index in [0.717, 1.165) is 36.0 Å². The Morgan fingerprint density at radius 2 is 1.94 bits per heavy atom. The lowest BCUT2D eigenvalue weighted by Crippen LogP contribution is -2.37. The zero-order chi connectivity index (χ0) is 24.3. The predicted molar refractivity (Wildman–Crippen MR) is 128 cm³/mol. The molecule has 2 aromatic carbocycles. The monoisotopic (exact) mass is 465 g/mol. The zero-order valence-electron chi connectivity index (χ0n) is 19.3. The van der Waals surface area contributed by atoms with Gasteiger partial charge in [0.15, 0.2) is 0 Å². The highest BCUT2D eigenvalue weighted by Crippen LogP contribution is 2.32. The number of carboxylic acid groups (broad SMARTS) is 1. The van der Waals surface area contributed by atoms with Crippen molar-refractivity contribution in [2.75, 3.05) is 18.4 Å². The molecule has 1 aliphatic heterocycles. The van der Waals surface area contributed by atoms with Crippen LogP contribution in [0.4, 0.5) is 14.5 Å².